The highest BCUT2D eigenvalue weighted by Crippen LogP contribution is 2.31. The van der Waals surface area contributed by atoms with Gasteiger partial charge >= 0.3 is 0 Å². The van der Waals surface area contributed by atoms with Gasteiger partial charge < -0.3 is 10.2 Å². The number of hydrogen-bond donors (Lipinski definition) is 1. The molecule has 86 valence electrons. The van der Waals surface area contributed by atoms with Gasteiger partial charge in [-0.3, -0.25) is 4.99 Å². The van der Waals surface area contributed by atoms with Gasteiger partial charge in [-0.2, -0.15) is 0 Å². The van der Waals surface area contributed by atoms with Crippen LogP contribution in [0.4, 0.5) is 0 Å². The van der Waals surface area contributed by atoms with Gasteiger partial charge in [0.05, 0.1) is 12.1 Å². The normalized spacial score (nSPS) is 35.7. The lowest BCUT2D eigenvalue weighted by atomic mass is 9.87. The lowest BCUT2D eigenvalue weighted by molar-refractivity contribution is 0.236. The van der Waals surface area contributed by atoms with Crippen molar-refractivity contribution < 1.29 is 0 Å². The fraction of sp³-hybridized carbons (Fsp3) is 0.917. The van der Waals surface area contributed by atoms with Crippen molar-refractivity contribution in [2.45, 2.75) is 51.2 Å². The zero-order valence-electron chi connectivity index (χ0n) is 10.3. The minimum Gasteiger partial charge on any atom is -0.358 e. The number of amidine groups is 1. The molecule has 0 aromatic heterocycles. The van der Waals surface area contributed by atoms with Crippen molar-refractivity contribution in [3.05, 3.63) is 0 Å². The van der Waals surface area contributed by atoms with Gasteiger partial charge in [-0.25, -0.2) is 0 Å². The van der Waals surface area contributed by atoms with Gasteiger partial charge in [0.1, 0.15) is 5.84 Å². The van der Waals surface area contributed by atoms with Crippen LogP contribution in [-0.2, 0) is 0 Å². The zero-order valence-corrected chi connectivity index (χ0v) is 10.3. The van der Waals surface area contributed by atoms with E-state index < -0.39 is 0 Å². The van der Waals surface area contributed by atoms with Crippen LogP contribution in [0.5, 0.6) is 0 Å². The molecule has 1 fully saturated rings. The first-order chi connectivity index (χ1) is 7.13. The monoisotopic (exact) mass is 209 g/mol. The summed E-state index contributed by atoms with van der Waals surface area (Å²) in [4.78, 5) is 7.29. The van der Waals surface area contributed by atoms with E-state index in [1.165, 1.54) is 25.1 Å². The van der Waals surface area contributed by atoms with Crippen LogP contribution >= 0.6 is 0 Å². The minimum absolute atomic E-state index is 0.564. The van der Waals surface area contributed by atoms with E-state index in [4.69, 9.17) is 4.99 Å². The van der Waals surface area contributed by atoms with E-state index >= 15 is 0 Å². The van der Waals surface area contributed by atoms with E-state index in [9.17, 15) is 0 Å². The van der Waals surface area contributed by atoms with Crippen LogP contribution in [0.1, 0.15) is 33.1 Å². The quantitative estimate of drug-likeness (QED) is 0.746. The molecule has 1 heterocycles. The van der Waals surface area contributed by atoms with Crippen molar-refractivity contribution in [1.82, 2.24) is 10.2 Å². The number of aliphatic imine (C=N–C) groups is 1. The van der Waals surface area contributed by atoms with Crippen LogP contribution in [0, 0.1) is 5.92 Å². The highest BCUT2D eigenvalue weighted by molar-refractivity contribution is 5.86. The Morgan fingerprint density at radius 1 is 1.40 bits per heavy atom. The summed E-state index contributed by atoms with van der Waals surface area (Å²) in [6.07, 6.45) is 3.77. The molecule has 0 aromatic carbocycles. The highest BCUT2D eigenvalue weighted by atomic mass is 15.3. The summed E-state index contributed by atoms with van der Waals surface area (Å²) in [5.74, 6) is 1.87. The Kier molecular flexibility index (Phi) is 3.01. The Bertz CT molecular complexity index is 260. The molecule has 0 spiro atoms. The Balaban J connectivity index is 2.08. The molecule has 3 atom stereocenters. The summed E-state index contributed by atoms with van der Waals surface area (Å²) in [5.41, 5.74) is 0. The van der Waals surface area contributed by atoms with E-state index in [-0.39, 0.29) is 0 Å². The smallest absolute Gasteiger partial charge is 0.102 e. The van der Waals surface area contributed by atoms with Crippen molar-refractivity contribution in [2.24, 2.45) is 10.9 Å². The van der Waals surface area contributed by atoms with Crippen LogP contribution in [-0.4, -0.2) is 43.0 Å². The van der Waals surface area contributed by atoms with E-state index in [1.54, 1.807) is 0 Å². The van der Waals surface area contributed by atoms with E-state index in [2.05, 4.69) is 38.2 Å². The Morgan fingerprint density at radius 2 is 2.13 bits per heavy atom. The first-order valence-electron chi connectivity index (χ1n) is 6.11. The van der Waals surface area contributed by atoms with Crippen molar-refractivity contribution in [3.8, 4) is 0 Å². The lowest BCUT2D eigenvalue weighted by Crippen LogP contribution is -2.46. The molecule has 1 N–H and O–H groups in total. The molecular weight excluding hydrogens is 186 g/mol. The molecule has 0 saturated heterocycles. The minimum atomic E-state index is 0.564. The molecular formula is C12H23N3. The molecule has 0 amide bonds. The molecule has 0 radical (unpaired) electrons. The number of rotatable bonds is 2. The van der Waals surface area contributed by atoms with Crippen molar-refractivity contribution in [1.29, 1.82) is 0 Å². The maximum absolute atomic E-state index is 4.87. The maximum Gasteiger partial charge on any atom is 0.102 e. The summed E-state index contributed by atoms with van der Waals surface area (Å²) in [7, 11) is 4.28. The van der Waals surface area contributed by atoms with Gasteiger partial charge in [0.15, 0.2) is 0 Å². The summed E-state index contributed by atoms with van der Waals surface area (Å²) in [6, 6.07) is 1.90. The first-order valence-corrected chi connectivity index (χ1v) is 6.11. The van der Waals surface area contributed by atoms with E-state index in [1.807, 2.05) is 0 Å². The number of likely N-dealkylation sites (N-methyl/N-ethyl adjacent to an activating group) is 1. The van der Waals surface area contributed by atoms with Gasteiger partial charge in [-0.15, -0.1) is 0 Å². The molecule has 3 nitrogen and oxygen atoms in total. The largest absolute Gasteiger partial charge is 0.358 e. The SMILES string of the molecule is CNC1CCC2N=C(C(C)C)N(C)C2C1. The number of fused-ring (bicyclic) bond motifs is 1. The second kappa shape index (κ2) is 4.12. The Hall–Kier alpha value is -0.570. The van der Waals surface area contributed by atoms with Gasteiger partial charge in [0.25, 0.3) is 0 Å². The molecule has 2 aliphatic rings. The summed E-state index contributed by atoms with van der Waals surface area (Å²) >= 11 is 0. The molecule has 3 unspecified atom stereocenters. The Labute approximate surface area is 92.9 Å². The third-order valence-electron chi connectivity index (χ3n) is 3.86. The van der Waals surface area contributed by atoms with Crippen LogP contribution in [0.2, 0.25) is 0 Å². The van der Waals surface area contributed by atoms with Gasteiger partial charge in [0, 0.05) is 19.0 Å². The molecule has 1 aliphatic heterocycles. The second-order valence-electron chi connectivity index (χ2n) is 5.19. The maximum atomic E-state index is 4.87. The number of nitrogens with zero attached hydrogens (tertiary/aromatic N) is 2. The van der Waals surface area contributed by atoms with Crippen molar-refractivity contribution >= 4 is 5.84 Å². The van der Waals surface area contributed by atoms with Crippen molar-refractivity contribution in [3.63, 3.8) is 0 Å². The molecule has 1 saturated carbocycles. The third-order valence-corrected chi connectivity index (χ3v) is 3.86. The Morgan fingerprint density at radius 3 is 2.73 bits per heavy atom. The topological polar surface area (TPSA) is 27.6 Å². The van der Waals surface area contributed by atoms with Crippen LogP contribution in [0.25, 0.3) is 0 Å². The molecule has 0 aromatic rings. The average Bonchev–Trinajstić information content (AvgIpc) is 2.56. The lowest BCUT2D eigenvalue weighted by Gasteiger charge is -2.35. The van der Waals surface area contributed by atoms with Crippen LogP contribution < -0.4 is 5.32 Å². The average molecular weight is 209 g/mol. The predicted octanol–water partition coefficient (Wildman–Crippen LogP) is 1.50. The highest BCUT2D eigenvalue weighted by Gasteiger charge is 2.38. The predicted molar refractivity (Wildman–Crippen MR) is 64.3 cm³/mol. The standard InChI is InChI=1S/C12H23N3/c1-8(2)12-14-10-6-5-9(13-3)7-11(10)15(12)4/h8-11,13H,5-7H2,1-4H3. The molecule has 1 aliphatic carbocycles. The van der Waals surface area contributed by atoms with Crippen molar-refractivity contribution in [2.75, 3.05) is 14.1 Å². The fourth-order valence-electron chi connectivity index (χ4n) is 2.95. The molecule has 2 rings (SSSR count). The zero-order chi connectivity index (χ0) is 11.0. The molecule has 15 heavy (non-hydrogen) atoms. The van der Waals surface area contributed by atoms with E-state index in [0.717, 1.165) is 0 Å². The second-order valence-corrected chi connectivity index (χ2v) is 5.19. The van der Waals surface area contributed by atoms with E-state index in [0.29, 0.717) is 24.0 Å². The summed E-state index contributed by atoms with van der Waals surface area (Å²) in [6.45, 7) is 4.48. The number of nitrogens with one attached hydrogen (secondary N) is 1. The summed E-state index contributed by atoms with van der Waals surface area (Å²) in [5, 5.41) is 3.40. The van der Waals surface area contributed by atoms with Gasteiger partial charge in [-0.05, 0) is 26.3 Å². The molecule has 3 heteroatoms. The third kappa shape index (κ3) is 1.89. The summed E-state index contributed by atoms with van der Waals surface area (Å²) < 4.78 is 0. The van der Waals surface area contributed by atoms with Gasteiger partial charge in [0.2, 0.25) is 0 Å². The number of hydrogen-bond acceptors (Lipinski definition) is 3. The fourth-order valence-corrected chi connectivity index (χ4v) is 2.95. The molecule has 0 bridgehead atoms. The van der Waals surface area contributed by atoms with Crippen LogP contribution in [0.3, 0.4) is 0 Å². The van der Waals surface area contributed by atoms with Gasteiger partial charge in [-0.1, -0.05) is 13.8 Å². The first kappa shape index (κ1) is 10.9. The van der Waals surface area contributed by atoms with Crippen LogP contribution in [0.15, 0.2) is 4.99 Å².